The van der Waals surface area contributed by atoms with E-state index in [0.29, 0.717) is 0 Å². The molecule has 1 heterocycles. The molecule has 1 aromatic rings. The van der Waals surface area contributed by atoms with Crippen LogP contribution in [0.4, 0.5) is 5.82 Å². The Morgan fingerprint density at radius 3 is 2.24 bits per heavy atom. The van der Waals surface area contributed by atoms with Crippen LogP contribution in [0.3, 0.4) is 0 Å². The highest BCUT2D eigenvalue weighted by atomic mass is 15.2. The quantitative estimate of drug-likeness (QED) is 0.828. The molecular formula is C18H31N3. The van der Waals surface area contributed by atoms with Crippen molar-refractivity contribution >= 4 is 5.82 Å². The molecule has 0 saturated carbocycles. The summed E-state index contributed by atoms with van der Waals surface area (Å²) in [4.78, 5) is 7.07. The summed E-state index contributed by atoms with van der Waals surface area (Å²) in [5.74, 6) is 1.01. The fourth-order valence-electron chi connectivity index (χ4n) is 2.11. The van der Waals surface area contributed by atoms with E-state index >= 15 is 0 Å². The molecule has 1 aromatic heterocycles. The van der Waals surface area contributed by atoms with Crippen LogP contribution < -0.4 is 10.2 Å². The van der Waals surface area contributed by atoms with E-state index in [1.54, 1.807) is 0 Å². The molecule has 0 amide bonds. The predicted molar refractivity (Wildman–Crippen MR) is 92.9 cm³/mol. The number of anilines is 1. The minimum Gasteiger partial charge on any atom is -0.348 e. The topological polar surface area (TPSA) is 28.2 Å². The van der Waals surface area contributed by atoms with Gasteiger partial charge in [0, 0.05) is 29.9 Å². The number of rotatable bonds is 5. The number of hydrogen-bond donors (Lipinski definition) is 1. The summed E-state index contributed by atoms with van der Waals surface area (Å²) in [6, 6.07) is 4.29. The van der Waals surface area contributed by atoms with Crippen molar-refractivity contribution in [1.29, 1.82) is 0 Å². The Hall–Kier alpha value is -1.35. The maximum absolute atomic E-state index is 4.80. The third-order valence-electron chi connectivity index (χ3n) is 3.39. The molecule has 0 aliphatic heterocycles. The minimum absolute atomic E-state index is 0.0266. The molecule has 0 bridgehead atoms. The van der Waals surface area contributed by atoms with E-state index in [1.165, 1.54) is 5.56 Å². The highest BCUT2D eigenvalue weighted by Crippen LogP contribution is 2.23. The van der Waals surface area contributed by atoms with Crippen molar-refractivity contribution in [3.8, 4) is 0 Å². The van der Waals surface area contributed by atoms with Crippen LogP contribution in [0, 0.1) is 6.92 Å². The molecule has 0 fully saturated rings. The smallest absolute Gasteiger partial charge is 0.129 e. The van der Waals surface area contributed by atoms with Crippen LogP contribution in [0.15, 0.2) is 24.8 Å². The molecule has 3 nitrogen and oxygen atoms in total. The maximum atomic E-state index is 4.80. The van der Waals surface area contributed by atoms with Gasteiger partial charge in [0.1, 0.15) is 5.82 Å². The van der Waals surface area contributed by atoms with Gasteiger partial charge in [0.15, 0.2) is 0 Å². The van der Waals surface area contributed by atoms with Gasteiger partial charge in [-0.1, -0.05) is 12.1 Å². The van der Waals surface area contributed by atoms with Crippen LogP contribution in [-0.4, -0.2) is 22.6 Å². The Labute approximate surface area is 130 Å². The molecule has 1 N–H and O–H groups in total. The average molecular weight is 289 g/mol. The zero-order valence-electron chi connectivity index (χ0n) is 14.7. The lowest BCUT2D eigenvalue weighted by Gasteiger charge is -2.36. The van der Waals surface area contributed by atoms with Gasteiger partial charge in [-0.25, -0.2) is 4.98 Å². The van der Waals surface area contributed by atoms with E-state index in [4.69, 9.17) is 4.98 Å². The van der Waals surface area contributed by atoms with Gasteiger partial charge in [-0.3, -0.25) is 0 Å². The van der Waals surface area contributed by atoms with Crippen LogP contribution in [-0.2, 0) is 6.54 Å². The van der Waals surface area contributed by atoms with E-state index in [-0.39, 0.29) is 11.1 Å². The van der Waals surface area contributed by atoms with Crippen molar-refractivity contribution in [3.05, 3.63) is 36.0 Å². The third-order valence-corrected chi connectivity index (χ3v) is 3.39. The highest BCUT2D eigenvalue weighted by Gasteiger charge is 2.22. The average Bonchev–Trinajstić information content (AvgIpc) is 2.32. The van der Waals surface area contributed by atoms with Gasteiger partial charge in [0.25, 0.3) is 0 Å². The molecule has 118 valence electrons. The molecule has 1 rings (SSSR count). The van der Waals surface area contributed by atoms with Gasteiger partial charge < -0.3 is 10.2 Å². The predicted octanol–water partition coefficient (Wildman–Crippen LogP) is 4.07. The molecule has 3 heteroatoms. The van der Waals surface area contributed by atoms with Crippen LogP contribution in [0.25, 0.3) is 0 Å². The number of nitrogens with one attached hydrogen (secondary N) is 1. The zero-order chi connectivity index (χ0) is 16.3. The molecule has 0 spiro atoms. The largest absolute Gasteiger partial charge is 0.348 e. The Morgan fingerprint density at radius 1 is 1.19 bits per heavy atom. The maximum Gasteiger partial charge on any atom is 0.129 e. The molecule has 0 unspecified atom stereocenters. The number of hydrogen-bond acceptors (Lipinski definition) is 3. The van der Waals surface area contributed by atoms with Crippen LogP contribution in [0.1, 0.15) is 52.8 Å². The summed E-state index contributed by atoms with van der Waals surface area (Å²) >= 11 is 0. The number of pyridine rings is 1. The van der Waals surface area contributed by atoms with Crippen LogP contribution in [0.5, 0.6) is 0 Å². The first-order chi connectivity index (χ1) is 9.54. The van der Waals surface area contributed by atoms with E-state index < -0.39 is 0 Å². The molecule has 0 aromatic carbocycles. The zero-order valence-corrected chi connectivity index (χ0v) is 14.7. The van der Waals surface area contributed by atoms with Gasteiger partial charge in [-0.05, 0) is 60.1 Å². The number of nitrogens with zero attached hydrogens (tertiary/aromatic N) is 2. The van der Waals surface area contributed by atoms with Gasteiger partial charge in [0.05, 0.1) is 0 Å². The van der Waals surface area contributed by atoms with Crippen molar-refractivity contribution in [2.75, 3.05) is 11.4 Å². The summed E-state index contributed by atoms with van der Waals surface area (Å²) in [5.41, 5.74) is 2.48. The van der Waals surface area contributed by atoms with Gasteiger partial charge in [0.2, 0.25) is 0 Å². The van der Waals surface area contributed by atoms with Crippen molar-refractivity contribution in [2.24, 2.45) is 0 Å². The minimum atomic E-state index is 0.0266. The third kappa shape index (κ3) is 5.50. The lowest BCUT2D eigenvalue weighted by Crippen LogP contribution is -2.42. The molecule has 21 heavy (non-hydrogen) atoms. The SMILES string of the molecule is C=CCN(c1ccc(CNC(C)(C)C)c(C)n1)C(C)(C)C. The first-order valence-electron chi connectivity index (χ1n) is 7.64. The van der Waals surface area contributed by atoms with E-state index in [9.17, 15) is 0 Å². The Balaban J connectivity index is 2.97. The van der Waals surface area contributed by atoms with Crippen molar-refractivity contribution in [3.63, 3.8) is 0 Å². The van der Waals surface area contributed by atoms with Crippen molar-refractivity contribution in [2.45, 2.75) is 66.1 Å². The van der Waals surface area contributed by atoms with Gasteiger partial charge >= 0.3 is 0 Å². The molecule has 0 radical (unpaired) electrons. The van der Waals surface area contributed by atoms with E-state index in [2.05, 4.69) is 77.4 Å². The Morgan fingerprint density at radius 2 is 1.81 bits per heavy atom. The molecule has 0 aliphatic carbocycles. The lowest BCUT2D eigenvalue weighted by molar-refractivity contribution is 0.423. The van der Waals surface area contributed by atoms with E-state index in [1.807, 2.05) is 6.08 Å². The fourth-order valence-corrected chi connectivity index (χ4v) is 2.11. The Bertz CT molecular complexity index is 478. The van der Waals surface area contributed by atoms with Gasteiger partial charge in [-0.15, -0.1) is 6.58 Å². The second kappa shape index (κ2) is 6.61. The second-order valence-electron chi connectivity index (χ2n) is 7.59. The normalized spacial score (nSPS) is 12.3. The van der Waals surface area contributed by atoms with Gasteiger partial charge in [-0.2, -0.15) is 0 Å². The molecular weight excluding hydrogens is 258 g/mol. The standard InChI is InChI=1S/C18H31N3/c1-9-12-21(18(6,7)8)16-11-10-15(14(2)20-16)13-19-17(3,4)5/h9-11,19H,1,12-13H2,2-8H3. The van der Waals surface area contributed by atoms with Crippen LogP contribution >= 0.6 is 0 Å². The first-order valence-corrected chi connectivity index (χ1v) is 7.64. The second-order valence-corrected chi connectivity index (χ2v) is 7.59. The number of aromatic nitrogens is 1. The summed E-state index contributed by atoms with van der Waals surface area (Å²) < 4.78 is 0. The molecule has 0 saturated heterocycles. The summed E-state index contributed by atoms with van der Waals surface area (Å²) in [5, 5.41) is 3.51. The fraction of sp³-hybridized carbons (Fsp3) is 0.611. The summed E-state index contributed by atoms with van der Waals surface area (Å²) in [7, 11) is 0. The van der Waals surface area contributed by atoms with E-state index in [0.717, 1.165) is 24.6 Å². The molecule has 0 atom stereocenters. The highest BCUT2D eigenvalue weighted by molar-refractivity contribution is 5.44. The first kappa shape index (κ1) is 17.7. The van der Waals surface area contributed by atoms with Crippen molar-refractivity contribution < 1.29 is 0 Å². The monoisotopic (exact) mass is 289 g/mol. The van der Waals surface area contributed by atoms with Crippen molar-refractivity contribution in [1.82, 2.24) is 10.3 Å². The summed E-state index contributed by atoms with van der Waals surface area (Å²) in [6.45, 7) is 20.7. The molecule has 0 aliphatic rings. The van der Waals surface area contributed by atoms with Crippen LogP contribution in [0.2, 0.25) is 0 Å². The Kier molecular flexibility index (Phi) is 5.57. The number of aryl methyl sites for hydroxylation is 1. The summed E-state index contributed by atoms with van der Waals surface area (Å²) in [6.07, 6.45) is 1.93. The lowest BCUT2D eigenvalue weighted by atomic mass is 10.1.